The average Bonchev–Trinajstić information content (AvgIpc) is 1.80. The van der Waals surface area contributed by atoms with Gasteiger partial charge in [-0.15, -0.1) is 12.6 Å². The zero-order valence-corrected chi connectivity index (χ0v) is 6.27. The van der Waals surface area contributed by atoms with Crippen LogP contribution < -0.4 is 5.32 Å². The van der Waals surface area contributed by atoms with Gasteiger partial charge in [-0.3, -0.25) is 9.10 Å². The third kappa shape index (κ3) is 1.56. The molecule has 1 unspecified atom stereocenters. The number of nitrogens with zero attached hydrogens (tertiary/aromatic N) is 1. The first-order valence-electron chi connectivity index (χ1n) is 2.34. The summed E-state index contributed by atoms with van der Waals surface area (Å²) in [7, 11) is 0. The first kappa shape index (κ1) is 6.82. The molecule has 1 rings (SSSR count). The normalized spacial score (nSPS) is 26.2. The van der Waals surface area contributed by atoms with Gasteiger partial charge < -0.3 is 5.32 Å². The summed E-state index contributed by atoms with van der Waals surface area (Å²) >= 11 is 7.93. The molecule has 9 heavy (non-hydrogen) atoms. The molecular weight excluding hydrogens is 156 g/mol. The SMILES string of the molecule is O=C1C=CN(S)C(S)N1. The van der Waals surface area contributed by atoms with E-state index in [2.05, 4.69) is 30.8 Å². The van der Waals surface area contributed by atoms with Crippen LogP contribution in [-0.4, -0.2) is 15.7 Å². The monoisotopic (exact) mass is 162 g/mol. The minimum Gasteiger partial charge on any atom is -0.323 e. The molecule has 0 saturated heterocycles. The van der Waals surface area contributed by atoms with Crippen LogP contribution in [0, 0.1) is 0 Å². The van der Waals surface area contributed by atoms with Gasteiger partial charge >= 0.3 is 0 Å². The van der Waals surface area contributed by atoms with Crippen LogP contribution in [0.2, 0.25) is 0 Å². The van der Waals surface area contributed by atoms with Crippen molar-refractivity contribution < 1.29 is 4.79 Å². The molecule has 0 aliphatic carbocycles. The van der Waals surface area contributed by atoms with Crippen LogP contribution in [0.1, 0.15) is 0 Å². The van der Waals surface area contributed by atoms with Gasteiger partial charge in [0.25, 0.3) is 0 Å². The van der Waals surface area contributed by atoms with Crippen molar-refractivity contribution in [2.24, 2.45) is 0 Å². The molecule has 0 aromatic heterocycles. The average molecular weight is 162 g/mol. The van der Waals surface area contributed by atoms with E-state index in [9.17, 15) is 4.79 Å². The van der Waals surface area contributed by atoms with E-state index in [1.165, 1.54) is 10.4 Å². The zero-order chi connectivity index (χ0) is 6.85. The van der Waals surface area contributed by atoms with Crippen molar-refractivity contribution in [2.75, 3.05) is 0 Å². The van der Waals surface area contributed by atoms with Crippen LogP contribution in [0.5, 0.6) is 0 Å². The Balaban J connectivity index is 2.65. The van der Waals surface area contributed by atoms with Crippen LogP contribution in [0.4, 0.5) is 0 Å². The number of thiol groups is 2. The Morgan fingerprint density at radius 2 is 2.44 bits per heavy atom. The molecule has 5 heteroatoms. The first-order valence-corrected chi connectivity index (χ1v) is 3.26. The predicted octanol–water partition coefficient (Wildman–Crippen LogP) is -0.00990. The highest BCUT2D eigenvalue weighted by Gasteiger charge is 2.13. The molecule has 0 spiro atoms. The molecule has 0 aromatic carbocycles. The van der Waals surface area contributed by atoms with E-state index in [1.54, 1.807) is 6.20 Å². The van der Waals surface area contributed by atoms with Crippen LogP contribution in [0.25, 0.3) is 0 Å². The van der Waals surface area contributed by atoms with Crippen LogP contribution in [-0.2, 0) is 4.79 Å². The highest BCUT2D eigenvalue weighted by atomic mass is 32.1. The molecule has 0 bridgehead atoms. The highest BCUT2D eigenvalue weighted by Crippen LogP contribution is 2.08. The summed E-state index contributed by atoms with van der Waals surface area (Å²) in [6.07, 6.45) is 2.94. The summed E-state index contributed by atoms with van der Waals surface area (Å²) < 4.78 is 1.49. The second kappa shape index (κ2) is 2.53. The number of rotatable bonds is 0. The van der Waals surface area contributed by atoms with Crippen molar-refractivity contribution in [3.05, 3.63) is 12.3 Å². The zero-order valence-electron chi connectivity index (χ0n) is 4.48. The molecule has 1 aliphatic rings. The molecule has 1 N–H and O–H groups in total. The molecule has 3 nitrogen and oxygen atoms in total. The van der Waals surface area contributed by atoms with Crippen molar-refractivity contribution in [2.45, 2.75) is 5.50 Å². The Kier molecular flexibility index (Phi) is 1.92. The molecule has 0 fully saturated rings. The molecular formula is C4H6N2OS2. The van der Waals surface area contributed by atoms with Crippen LogP contribution in [0.3, 0.4) is 0 Å². The fourth-order valence-electron chi connectivity index (χ4n) is 0.467. The lowest BCUT2D eigenvalue weighted by atomic mass is 10.5. The van der Waals surface area contributed by atoms with Gasteiger partial charge in [0.15, 0.2) is 5.50 Å². The molecule has 1 heterocycles. The van der Waals surface area contributed by atoms with Crippen LogP contribution in [0.15, 0.2) is 12.3 Å². The van der Waals surface area contributed by atoms with Crippen molar-refractivity contribution in [1.82, 2.24) is 9.62 Å². The third-order valence-corrected chi connectivity index (χ3v) is 1.82. The molecule has 0 saturated carbocycles. The number of hydrogen-bond donors (Lipinski definition) is 3. The van der Waals surface area contributed by atoms with Crippen molar-refractivity contribution in [3.8, 4) is 0 Å². The Labute approximate surface area is 64.1 Å². The Hall–Kier alpha value is -0.290. The van der Waals surface area contributed by atoms with Crippen molar-refractivity contribution in [1.29, 1.82) is 0 Å². The summed E-state index contributed by atoms with van der Waals surface area (Å²) in [5, 5.41) is 2.52. The molecule has 1 atom stereocenters. The van der Waals surface area contributed by atoms with E-state index in [-0.39, 0.29) is 11.4 Å². The molecule has 0 radical (unpaired) electrons. The van der Waals surface area contributed by atoms with Gasteiger partial charge in [-0.05, 0) is 0 Å². The maximum Gasteiger partial charge on any atom is 0.247 e. The number of amides is 1. The summed E-state index contributed by atoms with van der Waals surface area (Å²) in [6.45, 7) is 0. The maximum absolute atomic E-state index is 10.5. The van der Waals surface area contributed by atoms with Crippen molar-refractivity contribution >= 4 is 31.4 Å². The highest BCUT2D eigenvalue weighted by molar-refractivity contribution is 7.83. The second-order valence-electron chi connectivity index (χ2n) is 1.58. The summed E-state index contributed by atoms with van der Waals surface area (Å²) in [5.74, 6) is -0.139. The predicted molar refractivity (Wildman–Crippen MR) is 40.9 cm³/mol. The maximum atomic E-state index is 10.5. The molecule has 1 aliphatic heterocycles. The van der Waals surface area contributed by atoms with E-state index in [1.807, 2.05) is 0 Å². The lowest BCUT2D eigenvalue weighted by molar-refractivity contribution is -0.117. The molecule has 1 amide bonds. The van der Waals surface area contributed by atoms with Crippen molar-refractivity contribution in [3.63, 3.8) is 0 Å². The van der Waals surface area contributed by atoms with Gasteiger partial charge in [0.05, 0.1) is 0 Å². The standard InChI is InChI=1S/C4H6N2OS2/c7-3-1-2-6(9)4(8)5-3/h1-2,4,8-9H,(H,5,7). The smallest absolute Gasteiger partial charge is 0.247 e. The van der Waals surface area contributed by atoms with Gasteiger partial charge in [0.2, 0.25) is 5.91 Å². The lowest BCUT2D eigenvalue weighted by Crippen LogP contribution is -2.40. The first-order chi connectivity index (χ1) is 4.20. The largest absolute Gasteiger partial charge is 0.323 e. The minimum atomic E-state index is -0.314. The summed E-state index contributed by atoms with van der Waals surface area (Å²) in [4.78, 5) is 10.5. The van der Waals surface area contributed by atoms with Gasteiger partial charge in [0, 0.05) is 12.3 Å². The summed E-state index contributed by atoms with van der Waals surface area (Å²) in [5.41, 5.74) is -0.314. The van der Waals surface area contributed by atoms with E-state index in [0.717, 1.165) is 0 Å². The van der Waals surface area contributed by atoms with Gasteiger partial charge in [-0.25, -0.2) is 0 Å². The number of carbonyl (C=O) groups excluding carboxylic acids is 1. The lowest BCUT2D eigenvalue weighted by Gasteiger charge is -2.24. The summed E-state index contributed by atoms with van der Waals surface area (Å²) in [6, 6.07) is 0. The number of hydrogen-bond acceptors (Lipinski definition) is 4. The van der Waals surface area contributed by atoms with E-state index >= 15 is 0 Å². The van der Waals surface area contributed by atoms with Crippen LogP contribution >= 0.6 is 25.4 Å². The van der Waals surface area contributed by atoms with E-state index in [0.29, 0.717) is 0 Å². The Morgan fingerprint density at radius 1 is 1.78 bits per heavy atom. The van der Waals surface area contributed by atoms with E-state index in [4.69, 9.17) is 0 Å². The molecule has 50 valence electrons. The Bertz CT molecular complexity index is 159. The third-order valence-electron chi connectivity index (χ3n) is 0.901. The van der Waals surface area contributed by atoms with Gasteiger partial charge in [-0.1, -0.05) is 12.8 Å². The second-order valence-corrected chi connectivity index (χ2v) is 2.53. The van der Waals surface area contributed by atoms with Gasteiger partial charge in [-0.2, -0.15) is 0 Å². The topological polar surface area (TPSA) is 32.3 Å². The molecule has 0 aromatic rings. The van der Waals surface area contributed by atoms with E-state index < -0.39 is 0 Å². The minimum absolute atomic E-state index is 0.139. The fourth-order valence-corrected chi connectivity index (χ4v) is 0.796. The van der Waals surface area contributed by atoms with Gasteiger partial charge in [0.1, 0.15) is 0 Å². The number of carbonyl (C=O) groups is 1. The number of nitrogens with one attached hydrogen (secondary N) is 1. The quantitative estimate of drug-likeness (QED) is 0.438. The Morgan fingerprint density at radius 3 is 2.89 bits per heavy atom. The fraction of sp³-hybridized carbons (Fsp3) is 0.250.